The third kappa shape index (κ3) is 3.39. The molecule has 3 atom stereocenters. The molecular weight excluding hydrogens is 372 g/mol. The quantitative estimate of drug-likeness (QED) is 0.847. The van der Waals surface area contributed by atoms with Crippen molar-refractivity contribution in [3.05, 3.63) is 28.8 Å². The first-order valence-electron chi connectivity index (χ1n) is 9.56. The fraction of sp³-hybridized carbons (Fsp3) is 0.632. The molecule has 0 spiro atoms. The van der Waals surface area contributed by atoms with Gasteiger partial charge in [0, 0.05) is 19.1 Å². The summed E-state index contributed by atoms with van der Waals surface area (Å²) < 4.78 is 27.3. The lowest BCUT2D eigenvalue weighted by molar-refractivity contribution is 0.0923. The fourth-order valence-corrected chi connectivity index (χ4v) is 6.51. The van der Waals surface area contributed by atoms with E-state index in [1.54, 1.807) is 0 Å². The van der Waals surface area contributed by atoms with E-state index in [1.807, 2.05) is 0 Å². The minimum Gasteiger partial charge on any atom is -0.349 e. The van der Waals surface area contributed by atoms with Crippen LogP contribution in [0.25, 0.3) is 0 Å². The number of sulfonamides is 1. The van der Waals surface area contributed by atoms with Crippen LogP contribution in [0.4, 0.5) is 0 Å². The van der Waals surface area contributed by atoms with E-state index in [1.165, 1.54) is 41.8 Å². The Morgan fingerprint density at radius 2 is 1.88 bits per heavy atom. The second kappa shape index (κ2) is 7.13. The van der Waals surface area contributed by atoms with Gasteiger partial charge in [0.05, 0.1) is 15.5 Å². The molecule has 0 radical (unpaired) electrons. The van der Waals surface area contributed by atoms with Crippen molar-refractivity contribution < 1.29 is 13.2 Å². The van der Waals surface area contributed by atoms with Crippen LogP contribution in [-0.4, -0.2) is 37.8 Å². The van der Waals surface area contributed by atoms with Gasteiger partial charge in [0.15, 0.2) is 0 Å². The molecule has 1 aromatic rings. The Labute approximate surface area is 160 Å². The van der Waals surface area contributed by atoms with Crippen molar-refractivity contribution in [2.75, 3.05) is 13.1 Å². The first kappa shape index (κ1) is 18.3. The summed E-state index contributed by atoms with van der Waals surface area (Å²) in [7, 11) is -3.58. The Balaban J connectivity index is 1.55. The molecular formula is C19H25ClN2O3S. The minimum atomic E-state index is -3.58. The summed E-state index contributed by atoms with van der Waals surface area (Å²) in [4.78, 5) is 12.9. The summed E-state index contributed by atoms with van der Waals surface area (Å²) in [6.07, 6.45) is 7.48. The van der Waals surface area contributed by atoms with E-state index >= 15 is 0 Å². The molecule has 26 heavy (non-hydrogen) atoms. The zero-order valence-electron chi connectivity index (χ0n) is 14.8. The van der Waals surface area contributed by atoms with E-state index in [4.69, 9.17) is 11.6 Å². The molecule has 4 rings (SSSR count). The molecule has 2 bridgehead atoms. The lowest BCUT2D eigenvalue weighted by Crippen LogP contribution is -2.39. The number of carbonyl (C=O) groups excluding carboxylic acids is 1. The summed E-state index contributed by atoms with van der Waals surface area (Å²) in [6, 6.07) is 4.66. The van der Waals surface area contributed by atoms with Gasteiger partial charge >= 0.3 is 0 Å². The third-order valence-electron chi connectivity index (χ3n) is 6.19. The first-order chi connectivity index (χ1) is 12.4. The summed E-state index contributed by atoms with van der Waals surface area (Å²) in [5, 5.41) is 3.39. The zero-order valence-corrected chi connectivity index (χ0v) is 16.4. The second-order valence-corrected chi connectivity index (χ2v) is 10.2. The molecule has 1 N–H and O–H groups in total. The summed E-state index contributed by atoms with van der Waals surface area (Å²) in [6.45, 7) is 1.08. The van der Waals surface area contributed by atoms with E-state index in [0.29, 0.717) is 24.0 Å². The van der Waals surface area contributed by atoms with Crippen LogP contribution >= 0.6 is 11.6 Å². The summed E-state index contributed by atoms with van der Waals surface area (Å²) >= 11 is 6.22. The summed E-state index contributed by atoms with van der Waals surface area (Å²) in [5.74, 6) is 1.03. The van der Waals surface area contributed by atoms with Crippen LogP contribution < -0.4 is 5.32 Å². The minimum absolute atomic E-state index is 0.155. The molecule has 2 saturated carbocycles. The molecule has 1 amide bonds. The average molecular weight is 397 g/mol. The molecule has 0 aromatic heterocycles. The maximum absolute atomic E-state index is 12.9. The van der Waals surface area contributed by atoms with E-state index in [0.717, 1.165) is 31.6 Å². The van der Waals surface area contributed by atoms with E-state index in [2.05, 4.69) is 5.32 Å². The van der Waals surface area contributed by atoms with Crippen molar-refractivity contribution in [1.29, 1.82) is 0 Å². The Morgan fingerprint density at radius 1 is 1.12 bits per heavy atom. The molecule has 1 heterocycles. The highest BCUT2D eigenvalue weighted by molar-refractivity contribution is 7.89. The van der Waals surface area contributed by atoms with E-state index in [-0.39, 0.29) is 22.4 Å². The average Bonchev–Trinajstić information content (AvgIpc) is 3.25. The van der Waals surface area contributed by atoms with Crippen LogP contribution in [0.15, 0.2) is 23.1 Å². The molecule has 3 aliphatic rings. The predicted molar refractivity (Wildman–Crippen MR) is 101 cm³/mol. The van der Waals surface area contributed by atoms with Gasteiger partial charge in [-0.2, -0.15) is 4.31 Å². The number of halogens is 1. The van der Waals surface area contributed by atoms with Gasteiger partial charge in [-0.25, -0.2) is 8.42 Å². The van der Waals surface area contributed by atoms with Crippen LogP contribution in [-0.2, 0) is 10.0 Å². The molecule has 1 aromatic carbocycles. The van der Waals surface area contributed by atoms with Gasteiger partial charge in [-0.3, -0.25) is 4.79 Å². The highest BCUT2D eigenvalue weighted by Gasteiger charge is 2.40. The number of rotatable bonds is 4. The van der Waals surface area contributed by atoms with Gasteiger partial charge in [0.1, 0.15) is 0 Å². The number of nitrogens with zero attached hydrogens (tertiary/aromatic N) is 1. The number of piperidine rings is 1. The lowest BCUT2D eigenvalue weighted by Gasteiger charge is -2.26. The normalized spacial score (nSPS) is 29.0. The molecule has 142 valence electrons. The van der Waals surface area contributed by atoms with Crippen molar-refractivity contribution in [2.45, 2.75) is 55.9 Å². The Hall–Kier alpha value is -1.11. The highest BCUT2D eigenvalue weighted by atomic mass is 35.5. The number of carbonyl (C=O) groups is 1. The Kier molecular flexibility index (Phi) is 5.01. The maximum Gasteiger partial charge on any atom is 0.253 e. The molecule has 0 unspecified atom stereocenters. The second-order valence-electron chi connectivity index (χ2n) is 7.86. The number of nitrogens with one attached hydrogen (secondary N) is 1. The van der Waals surface area contributed by atoms with Crippen LogP contribution in [0.3, 0.4) is 0 Å². The van der Waals surface area contributed by atoms with Gasteiger partial charge in [0.2, 0.25) is 10.0 Å². The molecule has 3 fully saturated rings. The number of fused-ring (bicyclic) bond motifs is 2. The zero-order chi connectivity index (χ0) is 18.3. The number of hydrogen-bond acceptors (Lipinski definition) is 3. The molecule has 1 aliphatic heterocycles. The van der Waals surface area contributed by atoms with Crippen molar-refractivity contribution in [1.82, 2.24) is 9.62 Å². The molecule has 7 heteroatoms. The summed E-state index contributed by atoms with van der Waals surface area (Å²) in [5.41, 5.74) is 0.257. The first-order valence-corrected chi connectivity index (χ1v) is 11.4. The number of hydrogen-bond donors (Lipinski definition) is 1. The molecule has 1 saturated heterocycles. The monoisotopic (exact) mass is 396 g/mol. The number of benzene rings is 1. The van der Waals surface area contributed by atoms with Crippen LogP contribution in [0, 0.1) is 11.8 Å². The van der Waals surface area contributed by atoms with Gasteiger partial charge in [-0.05, 0) is 62.1 Å². The van der Waals surface area contributed by atoms with Gasteiger partial charge in [-0.15, -0.1) is 0 Å². The predicted octanol–water partition coefficient (Wildman–Crippen LogP) is 3.43. The van der Waals surface area contributed by atoms with E-state index < -0.39 is 10.0 Å². The fourth-order valence-electron chi connectivity index (χ4n) is 4.76. The Bertz CT molecular complexity index is 805. The highest BCUT2D eigenvalue weighted by Crippen LogP contribution is 2.44. The standard InChI is InChI=1S/C19H25ClN2O3S/c20-17-7-6-15(26(24,25)22-8-2-1-3-9-22)12-16(17)19(23)21-18-11-13-4-5-14(18)10-13/h6-7,12-14,18H,1-5,8-11H2,(H,21,23)/t13-,14-,18-/m0/s1. The smallest absolute Gasteiger partial charge is 0.253 e. The van der Waals surface area contributed by atoms with Crippen molar-refractivity contribution in [3.63, 3.8) is 0 Å². The van der Waals surface area contributed by atoms with Crippen molar-refractivity contribution in [3.8, 4) is 0 Å². The van der Waals surface area contributed by atoms with Gasteiger partial charge < -0.3 is 5.32 Å². The van der Waals surface area contributed by atoms with Crippen molar-refractivity contribution in [2.24, 2.45) is 11.8 Å². The largest absolute Gasteiger partial charge is 0.349 e. The number of amides is 1. The SMILES string of the molecule is O=C(N[C@H]1C[C@H]2CC[C@H]1C2)c1cc(S(=O)(=O)N2CCCCC2)ccc1Cl. The van der Waals surface area contributed by atoms with Crippen molar-refractivity contribution >= 4 is 27.5 Å². The van der Waals surface area contributed by atoms with Crippen LogP contribution in [0.5, 0.6) is 0 Å². The Morgan fingerprint density at radius 3 is 2.54 bits per heavy atom. The van der Waals surface area contributed by atoms with Crippen LogP contribution in [0.1, 0.15) is 55.3 Å². The lowest BCUT2D eigenvalue weighted by atomic mass is 9.95. The topological polar surface area (TPSA) is 66.5 Å². The van der Waals surface area contributed by atoms with Crippen LogP contribution in [0.2, 0.25) is 5.02 Å². The molecule has 2 aliphatic carbocycles. The van der Waals surface area contributed by atoms with Gasteiger partial charge in [-0.1, -0.05) is 24.4 Å². The maximum atomic E-state index is 12.9. The molecule has 5 nitrogen and oxygen atoms in total. The van der Waals surface area contributed by atoms with E-state index in [9.17, 15) is 13.2 Å². The third-order valence-corrected chi connectivity index (χ3v) is 8.41. The van der Waals surface area contributed by atoms with Gasteiger partial charge in [0.25, 0.3) is 5.91 Å².